The summed E-state index contributed by atoms with van der Waals surface area (Å²) in [5.74, 6) is -0.0839. The maximum Gasteiger partial charge on any atom is 0.416 e. The van der Waals surface area contributed by atoms with Crippen LogP contribution in [0.4, 0.5) is 26.3 Å². The van der Waals surface area contributed by atoms with Gasteiger partial charge in [-0.3, -0.25) is 4.79 Å². The van der Waals surface area contributed by atoms with Crippen LogP contribution >= 0.6 is 0 Å². The number of hydrogen-bond acceptors (Lipinski definition) is 2. The number of amides is 1. The van der Waals surface area contributed by atoms with E-state index in [-0.39, 0.29) is 36.0 Å². The molecule has 1 aliphatic heterocycles. The molecule has 2 aromatic carbocycles. The number of benzene rings is 2. The van der Waals surface area contributed by atoms with E-state index < -0.39 is 23.5 Å². The van der Waals surface area contributed by atoms with Crippen molar-refractivity contribution in [1.29, 1.82) is 0 Å². The molecule has 1 aliphatic carbocycles. The van der Waals surface area contributed by atoms with E-state index in [9.17, 15) is 31.1 Å². The number of carbonyl (C=O) groups is 1. The first kappa shape index (κ1) is 25.5. The smallest absolute Gasteiger partial charge is 0.352 e. The summed E-state index contributed by atoms with van der Waals surface area (Å²) < 4.78 is 78.4. The Morgan fingerprint density at radius 1 is 0.857 bits per heavy atom. The zero-order chi connectivity index (χ0) is 25.2. The molecule has 3 nitrogen and oxygen atoms in total. The Labute approximate surface area is 200 Å². The molecule has 0 unspecified atom stereocenters. The molecular formula is C26H28F6N2O. The number of likely N-dealkylation sites (tertiary alicyclic amines) is 1. The lowest BCUT2D eigenvalue weighted by Gasteiger charge is -2.36. The largest absolute Gasteiger partial charge is 0.416 e. The summed E-state index contributed by atoms with van der Waals surface area (Å²) in [5, 5.41) is 2.56. The summed E-state index contributed by atoms with van der Waals surface area (Å²) in [6.45, 7) is 1.52. The van der Waals surface area contributed by atoms with Gasteiger partial charge < -0.3 is 10.2 Å². The molecule has 1 saturated carbocycles. The van der Waals surface area contributed by atoms with E-state index in [2.05, 4.69) is 22.3 Å². The monoisotopic (exact) mass is 498 g/mol. The number of halogens is 6. The van der Waals surface area contributed by atoms with E-state index in [0.717, 1.165) is 32.4 Å². The third-order valence-corrected chi connectivity index (χ3v) is 7.21. The Hall–Kier alpha value is -2.55. The fourth-order valence-electron chi connectivity index (χ4n) is 5.31. The molecule has 9 heteroatoms. The Kier molecular flexibility index (Phi) is 7.45. The topological polar surface area (TPSA) is 32.3 Å². The molecule has 2 aromatic rings. The van der Waals surface area contributed by atoms with Crippen LogP contribution in [0.15, 0.2) is 48.5 Å². The zero-order valence-corrected chi connectivity index (χ0v) is 19.1. The van der Waals surface area contributed by atoms with Gasteiger partial charge in [-0.05, 0) is 80.4 Å². The van der Waals surface area contributed by atoms with Gasteiger partial charge in [0.25, 0.3) is 0 Å². The molecule has 1 saturated heterocycles. The molecule has 2 fully saturated rings. The molecule has 2 atom stereocenters. The van der Waals surface area contributed by atoms with Crippen LogP contribution in [0.25, 0.3) is 0 Å². The fraction of sp³-hybridized carbons (Fsp3) is 0.500. The van der Waals surface area contributed by atoms with Gasteiger partial charge in [-0.1, -0.05) is 30.3 Å². The first-order valence-electron chi connectivity index (χ1n) is 11.9. The highest BCUT2D eigenvalue weighted by Gasteiger charge is 2.38. The predicted octanol–water partition coefficient (Wildman–Crippen LogP) is 6.39. The van der Waals surface area contributed by atoms with E-state index >= 15 is 0 Å². The molecule has 0 aromatic heterocycles. The standard InChI is InChI=1S/C26H28F6N2O/c27-25(28,29)21-12-17(13-22(15-21)26(30,31)32)16-33-24(35)20-6-7-23(14-20)34-10-8-19(9-11-34)18-4-2-1-3-5-18/h1-5,12-13,15,19-20,23H,6-11,14,16H2,(H,33,35)/t20-,23+/m0/s1. The Morgan fingerprint density at radius 3 is 2.03 bits per heavy atom. The third kappa shape index (κ3) is 6.37. The average Bonchev–Trinajstić information content (AvgIpc) is 3.32. The zero-order valence-electron chi connectivity index (χ0n) is 19.1. The lowest BCUT2D eigenvalue weighted by molar-refractivity contribution is -0.143. The summed E-state index contributed by atoms with van der Waals surface area (Å²) in [6, 6.07) is 12.1. The summed E-state index contributed by atoms with van der Waals surface area (Å²) in [5.41, 5.74) is -1.63. The summed E-state index contributed by atoms with van der Waals surface area (Å²) in [4.78, 5) is 15.1. The van der Waals surface area contributed by atoms with Crippen LogP contribution in [-0.2, 0) is 23.7 Å². The van der Waals surface area contributed by atoms with Gasteiger partial charge in [0.1, 0.15) is 0 Å². The second-order valence-corrected chi connectivity index (χ2v) is 9.52. The summed E-state index contributed by atoms with van der Waals surface area (Å²) >= 11 is 0. The number of hydrogen-bond donors (Lipinski definition) is 1. The number of carbonyl (C=O) groups excluding carboxylic acids is 1. The molecule has 0 bridgehead atoms. The molecule has 35 heavy (non-hydrogen) atoms. The normalized spacial score (nSPS) is 22.3. The van der Waals surface area contributed by atoms with Gasteiger partial charge >= 0.3 is 12.4 Å². The quantitative estimate of drug-likeness (QED) is 0.485. The van der Waals surface area contributed by atoms with Gasteiger partial charge in [-0.25, -0.2) is 0 Å². The van der Waals surface area contributed by atoms with Gasteiger partial charge in [0.05, 0.1) is 11.1 Å². The lowest BCUT2D eigenvalue weighted by Crippen LogP contribution is -2.40. The van der Waals surface area contributed by atoms with Crippen molar-refractivity contribution >= 4 is 5.91 Å². The van der Waals surface area contributed by atoms with Crippen LogP contribution in [-0.4, -0.2) is 29.9 Å². The Balaban J connectivity index is 1.31. The van der Waals surface area contributed by atoms with Crippen molar-refractivity contribution < 1.29 is 31.1 Å². The number of piperidine rings is 1. The van der Waals surface area contributed by atoms with Crippen molar-refractivity contribution in [2.75, 3.05) is 13.1 Å². The van der Waals surface area contributed by atoms with Gasteiger partial charge in [0.2, 0.25) is 5.91 Å². The summed E-state index contributed by atoms with van der Waals surface area (Å²) in [6.07, 6.45) is -5.55. The molecule has 1 N–H and O–H groups in total. The van der Waals surface area contributed by atoms with E-state index in [1.54, 1.807) is 0 Å². The van der Waals surface area contributed by atoms with Crippen molar-refractivity contribution in [1.82, 2.24) is 10.2 Å². The van der Waals surface area contributed by atoms with Crippen molar-refractivity contribution in [3.63, 3.8) is 0 Å². The van der Waals surface area contributed by atoms with Gasteiger partial charge in [-0.2, -0.15) is 26.3 Å². The minimum absolute atomic E-state index is 0.0911. The van der Waals surface area contributed by atoms with Crippen LogP contribution in [0.5, 0.6) is 0 Å². The maximum absolute atomic E-state index is 13.1. The number of nitrogens with zero attached hydrogens (tertiary/aromatic N) is 1. The molecule has 2 aliphatic rings. The minimum Gasteiger partial charge on any atom is -0.352 e. The first-order chi connectivity index (χ1) is 16.5. The highest BCUT2D eigenvalue weighted by Crippen LogP contribution is 2.37. The van der Waals surface area contributed by atoms with Crippen LogP contribution in [0.3, 0.4) is 0 Å². The fourth-order valence-corrected chi connectivity index (χ4v) is 5.31. The average molecular weight is 499 g/mol. The van der Waals surface area contributed by atoms with Crippen molar-refractivity contribution in [3.8, 4) is 0 Å². The maximum atomic E-state index is 13.1. The molecule has 0 radical (unpaired) electrons. The number of alkyl halides is 6. The van der Waals surface area contributed by atoms with E-state index in [4.69, 9.17) is 0 Å². The van der Waals surface area contributed by atoms with E-state index in [1.807, 2.05) is 18.2 Å². The molecule has 1 amide bonds. The van der Waals surface area contributed by atoms with Gasteiger partial charge in [0.15, 0.2) is 0 Å². The Bertz CT molecular complexity index is 980. The van der Waals surface area contributed by atoms with E-state index in [1.165, 1.54) is 5.56 Å². The highest BCUT2D eigenvalue weighted by molar-refractivity contribution is 5.79. The lowest BCUT2D eigenvalue weighted by atomic mass is 9.89. The summed E-state index contributed by atoms with van der Waals surface area (Å²) in [7, 11) is 0. The first-order valence-corrected chi connectivity index (χ1v) is 11.9. The van der Waals surface area contributed by atoms with Gasteiger partial charge in [-0.15, -0.1) is 0 Å². The van der Waals surface area contributed by atoms with Crippen LogP contribution in [0.1, 0.15) is 60.3 Å². The highest BCUT2D eigenvalue weighted by atomic mass is 19.4. The second-order valence-electron chi connectivity index (χ2n) is 9.52. The molecule has 0 spiro atoms. The molecular weight excluding hydrogens is 470 g/mol. The van der Waals surface area contributed by atoms with E-state index in [0.29, 0.717) is 30.9 Å². The van der Waals surface area contributed by atoms with Gasteiger partial charge in [0, 0.05) is 18.5 Å². The third-order valence-electron chi connectivity index (χ3n) is 7.21. The van der Waals surface area contributed by atoms with Crippen LogP contribution < -0.4 is 5.32 Å². The van der Waals surface area contributed by atoms with Crippen molar-refractivity contribution in [2.45, 2.75) is 63.0 Å². The second kappa shape index (κ2) is 10.2. The Morgan fingerprint density at radius 2 is 1.46 bits per heavy atom. The van der Waals surface area contributed by atoms with Crippen molar-refractivity contribution in [2.24, 2.45) is 5.92 Å². The number of nitrogens with one attached hydrogen (secondary N) is 1. The van der Waals surface area contributed by atoms with Crippen LogP contribution in [0.2, 0.25) is 0 Å². The van der Waals surface area contributed by atoms with Crippen LogP contribution in [0, 0.1) is 5.92 Å². The number of rotatable bonds is 5. The molecule has 4 rings (SSSR count). The van der Waals surface area contributed by atoms with Crippen molar-refractivity contribution in [3.05, 3.63) is 70.8 Å². The predicted molar refractivity (Wildman–Crippen MR) is 119 cm³/mol. The minimum atomic E-state index is -4.91. The molecule has 190 valence electrons. The molecule has 1 heterocycles. The SMILES string of the molecule is O=C(NCc1cc(C(F)(F)F)cc(C(F)(F)F)c1)[C@H]1CC[C@@H](N2CCC(c3ccccc3)CC2)C1.